The molecule has 106 valence electrons. The Hall–Kier alpha value is -1.40. The average molecular weight is 358 g/mol. The van der Waals surface area contributed by atoms with E-state index in [2.05, 4.69) is 20.7 Å². The van der Waals surface area contributed by atoms with E-state index < -0.39 is 15.8 Å². The van der Waals surface area contributed by atoms with E-state index in [-0.39, 0.29) is 9.72 Å². The minimum atomic E-state index is -3.80. The molecule has 0 aliphatic carbocycles. The Labute approximate surface area is 126 Å². The van der Waals surface area contributed by atoms with Gasteiger partial charge in [0.1, 0.15) is 5.82 Å². The Morgan fingerprint density at radius 2 is 1.85 bits per heavy atom. The quantitative estimate of drug-likeness (QED) is 0.837. The van der Waals surface area contributed by atoms with Crippen LogP contribution in [-0.2, 0) is 10.0 Å². The van der Waals surface area contributed by atoms with E-state index in [4.69, 9.17) is 0 Å². The van der Waals surface area contributed by atoms with E-state index in [1.165, 1.54) is 18.2 Å². The number of nitrogens with one attached hydrogen (secondary N) is 1. The molecule has 1 N–H and O–H groups in total. The summed E-state index contributed by atoms with van der Waals surface area (Å²) < 4.78 is 40.1. The molecule has 2 rings (SSSR count). The van der Waals surface area contributed by atoms with Crippen LogP contribution in [0.2, 0.25) is 0 Å². The lowest BCUT2D eigenvalue weighted by Gasteiger charge is -2.14. The molecule has 6 heteroatoms. The second kappa shape index (κ2) is 5.93. The smallest absolute Gasteiger partial charge is 0.262 e. The molecule has 0 bridgehead atoms. The molecule has 0 aliphatic heterocycles. The maximum atomic E-state index is 13.1. The van der Waals surface area contributed by atoms with Crippen molar-refractivity contribution in [1.29, 1.82) is 0 Å². The van der Waals surface area contributed by atoms with Gasteiger partial charge in [-0.05, 0) is 36.8 Å². The molecule has 0 amide bonds. The summed E-state index contributed by atoms with van der Waals surface area (Å²) in [6, 6.07) is 12.0. The highest BCUT2D eigenvalue weighted by Crippen LogP contribution is 2.30. The summed E-state index contributed by atoms with van der Waals surface area (Å²) in [6.45, 7) is 1.90. The van der Waals surface area contributed by atoms with Crippen molar-refractivity contribution >= 4 is 31.6 Å². The van der Waals surface area contributed by atoms with Crippen LogP contribution in [0.4, 0.5) is 10.1 Å². The zero-order valence-electron chi connectivity index (χ0n) is 10.7. The predicted octanol–water partition coefficient (Wildman–Crippen LogP) is 4.08. The van der Waals surface area contributed by atoms with E-state index in [0.29, 0.717) is 5.69 Å². The SMILES string of the molecule is CC(Br)c1ccccc1NS(=O)(=O)c1cccc(F)c1. The third-order valence-corrected chi connectivity index (χ3v) is 4.60. The Morgan fingerprint density at radius 1 is 1.15 bits per heavy atom. The Kier molecular flexibility index (Phi) is 4.45. The summed E-state index contributed by atoms with van der Waals surface area (Å²) in [5.41, 5.74) is 1.29. The number of rotatable bonds is 4. The Morgan fingerprint density at radius 3 is 2.50 bits per heavy atom. The van der Waals surface area contributed by atoms with Crippen molar-refractivity contribution in [2.24, 2.45) is 0 Å². The standard InChI is InChI=1S/C14H13BrFNO2S/c1-10(15)13-7-2-3-8-14(13)17-20(18,19)12-6-4-5-11(16)9-12/h2-10,17H,1H3. The summed E-state index contributed by atoms with van der Waals surface area (Å²) in [5, 5.41) is 0. The fraction of sp³-hybridized carbons (Fsp3) is 0.143. The predicted molar refractivity (Wildman–Crippen MR) is 81.0 cm³/mol. The molecule has 0 aliphatic rings. The first-order valence-electron chi connectivity index (χ1n) is 5.91. The van der Waals surface area contributed by atoms with Gasteiger partial charge in [0.15, 0.2) is 0 Å². The molecule has 0 aromatic heterocycles. The van der Waals surface area contributed by atoms with Crippen molar-refractivity contribution in [1.82, 2.24) is 0 Å². The second-order valence-electron chi connectivity index (χ2n) is 4.27. The van der Waals surface area contributed by atoms with Gasteiger partial charge in [-0.15, -0.1) is 0 Å². The lowest BCUT2D eigenvalue weighted by Crippen LogP contribution is -2.14. The van der Waals surface area contributed by atoms with Gasteiger partial charge < -0.3 is 0 Å². The number of alkyl halides is 1. The number of para-hydroxylation sites is 1. The molecule has 20 heavy (non-hydrogen) atoms. The monoisotopic (exact) mass is 357 g/mol. The third-order valence-electron chi connectivity index (χ3n) is 2.74. The molecule has 1 atom stereocenters. The van der Waals surface area contributed by atoms with Gasteiger partial charge in [0.05, 0.1) is 10.6 Å². The van der Waals surface area contributed by atoms with Gasteiger partial charge in [-0.25, -0.2) is 12.8 Å². The minimum Gasteiger partial charge on any atom is -0.279 e. The number of anilines is 1. The highest BCUT2D eigenvalue weighted by molar-refractivity contribution is 9.09. The molecule has 1 unspecified atom stereocenters. The number of halogens is 2. The van der Waals surface area contributed by atoms with Crippen LogP contribution in [0.3, 0.4) is 0 Å². The van der Waals surface area contributed by atoms with Crippen LogP contribution in [0.25, 0.3) is 0 Å². The summed E-state index contributed by atoms with van der Waals surface area (Å²) in [4.78, 5) is -0.108. The maximum Gasteiger partial charge on any atom is 0.262 e. The number of sulfonamides is 1. The number of hydrogen-bond donors (Lipinski definition) is 1. The molecule has 2 aromatic carbocycles. The molecule has 0 fully saturated rings. The Bertz CT molecular complexity index is 717. The molecule has 0 spiro atoms. The Balaban J connectivity index is 2.39. The lowest BCUT2D eigenvalue weighted by molar-refractivity contribution is 0.595. The van der Waals surface area contributed by atoms with E-state index in [9.17, 15) is 12.8 Å². The molecular weight excluding hydrogens is 345 g/mol. The van der Waals surface area contributed by atoms with Gasteiger partial charge in [0, 0.05) is 4.83 Å². The minimum absolute atomic E-state index is 0.00564. The zero-order chi connectivity index (χ0) is 14.8. The van der Waals surface area contributed by atoms with Crippen LogP contribution < -0.4 is 4.72 Å². The van der Waals surface area contributed by atoms with Crippen molar-refractivity contribution in [3.63, 3.8) is 0 Å². The van der Waals surface area contributed by atoms with Gasteiger partial charge in [0.25, 0.3) is 10.0 Å². The topological polar surface area (TPSA) is 46.2 Å². The summed E-state index contributed by atoms with van der Waals surface area (Å²) >= 11 is 3.41. The fourth-order valence-corrected chi connectivity index (χ4v) is 3.29. The van der Waals surface area contributed by atoms with Gasteiger partial charge in [-0.3, -0.25) is 4.72 Å². The maximum absolute atomic E-state index is 13.1. The van der Waals surface area contributed by atoms with E-state index in [0.717, 1.165) is 11.6 Å². The molecule has 3 nitrogen and oxygen atoms in total. The van der Waals surface area contributed by atoms with E-state index in [1.807, 2.05) is 19.1 Å². The van der Waals surface area contributed by atoms with Crippen molar-refractivity contribution < 1.29 is 12.8 Å². The number of benzene rings is 2. The largest absolute Gasteiger partial charge is 0.279 e. The van der Waals surface area contributed by atoms with Crippen molar-refractivity contribution in [2.45, 2.75) is 16.6 Å². The van der Waals surface area contributed by atoms with Crippen molar-refractivity contribution in [2.75, 3.05) is 4.72 Å². The van der Waals surface area contributed by atoms with Gasteiger partial charge in [-0.2, -0.15) is 0 Å². The highest BCUT2D eigenvalue weighted by Gasteiger charge is 2.17. The summed E-state index contributed by atoms with van der Waals surface area (Å²) in [5.74, 6) is -0.588. The fourth-order valence-electron chi connectivity index (χ4n) is 1.77. The molecule has 2 aromatic rings. The van der Waals surface area contributed by atoms with Crippen LogP contribution in [0.5, 0.6) is 0 Å². The normalized spacial score (nSPS) is 12.9. The molecular formula is C14H13BrFNO2S. The van der Waals surface area contributed by atoms with Gasteiger partial charge in [0.2, 0.25) is 0 Å². The van der Waals surface area contributed by atoms with Crippen LogP contribution in [0.1, 0.15) is 17.3 Å². The first kappa shape index (κ1) is 15.0. The zero-order valence-corrected chi connectivity index (χ0v) is 13.1. The number of hydrogen-bond acceptors (Lipinski definition) is 2. The van der Waals surface area contributed by atoms with Crippen LogP contribution in [-0.4, -0.2) is 8.42 Å². The summed E-state index contributed by atoms with van der Waals surface area (Å²) in [6.07, 6.45) is 0. The first-order valence-corrected chi connectivity index (χ1v) is 8.31. The summed E-state index contributed by atoms with van der Waals surface area (Å²) in [7, 11) is -3.80. The first-order chi connectivity index (χ1) is 9.40. The van der Waals surface area contributed by atoms with Crippen molar-refractivity contribution in [3.8, 4) is 0 Å². The van der Waals surface area contributed by atoms with Crippen molar-refractivity contribution in [3.05, 3.63) is 59.9 Å². The molecule has 0 saturated heterocycles. The van der Waals surface area contributed by atoms with Crippen LogP contribution in [0, 0.1) is 5.82 Å². The van der Waals surface area contributed by atoms with E-state index >= 15 is 0 Å². The van der Waals surface area contributed by atoms with Gasteiger partial charge >= 0.3 is 0 Å². The second-order valence-corrected chi connectivity index (χ2v) is 7.32. The van der Waals surface area contributed by atoms with Gasteiger partial charge in [-0.1, -0.05) is 40.2 Å². The molecule has 0 saturated carbocycles. The highest BCUT2D eigenvalue weighted by atomic mass is 79.9. The lowest BCUT2D eigenvalue weighted by atomic mass is 10.1. The average Bonchev–Trinajstić information content (AvgIpc) is 2.38. The van der Waals surface area contributed by atoms with E-state index in [1.54, 1.807) is 12.1 Å². The van der Waals surface area contributed by atoms with Crippen LogP contribution in [0.15, 0.2) is 53.4 Å². The van der Waals surface area contributed by atoms with Crippen LogP contribution >= 0.6 is 15.9 Å². The molecule has 0 heterocycles. The third kappa shape index (κ3) is 3.37. The molecule has 0 radical (unpaired) electrons.